The van der Waals surface area contributed by atoms with Crippen molar-refractivity contribution in [2.24, 2.45) is 11.8 Å². The van der Waals surface area contributed by atoms with Gasteiger partial charge in [-0.25, -0.2) is 0 Å². The first-order valence-electron chi connectivity index (χ1n) is 5.33. The van der Waals surface area contributed by atoms with Crippen molar-refractivity contribution in [2.75, 3.05) is 6.61 Å². The van der Waals surface area contributed by atoms with Crippen LogP contribution in [0.25, 0.3) is 0 Å². The molecule has 2 atom stereocenters. The van der Waals surface area contributed by atoms with Crippen LogP contribution in [0.5, 0.6) is 0 Å². The van der Waals surface area contributed by atoms with E-state index in [4.69, 9.17) is 5.11 Å². The molecule has 0 aromatic heterocycles. The van der Waals surface area contributed by atoms with E-state index < -0.39 is 0 Å². The summed E-state index contributed by atoms with van der Waals surface area (Å²) < 4.78 is 0. The van der Waals surface area contributed by atoms with Crippen molar-refractivity contribution >= 4 is 0 Å². The van der Waals surface area contributed by atoms with Crippen molar-refractivity contribution in [3.05, 3.63) is 0 Å². The molecule has 0 rings (SSSR count). The summed E-state index contributed by atoms with van der Waals surface area (Å²) in [7, 11) is 0. The van der Waals surface area contributed by atoms with E-state index in [-0.39, 0.29) is 0 Å². The van der Waals surface area contributed by atoms with E-state index in [1.54, 1.807) is 0 Å². The average molecular weight is 172 g/mol. The molecule has 0 spiro atoms. The molecule has 12 heavy (non-hydrogen) atoms. The summed E-state index contributed by atoms with van der Waals surface area (Å²) in [5.74, 6) is 1.47. The first-order chi connectivity index (χ1) is 5.72. The largest absolute Gasteiger partial charge is 0.396 e. The summed E-state index contributed by atoms with van der Waals surface area (Å²) in [6.45, 7) is 7.13. The van der Waals surface area contributed by atoms with Crippen LogP contribution in [0.15, 0.2) is 0 Å². The van der Waals surface area contributed by atoms with Gasteiger partial charge in [0.1, 0.15) is 0 Å². The minimum atomic E-state index is 0.347. The van der Waals surface area contributed by atoms with Gasteiger partial charge in [0.2, 0.25) is 0 Å². The Kier molecular flexibility index (Phi) is 7.58. The van der Waals surface area contributed by atoms with E-state index in [0.29, 0.717) is 12.5 Å². The maximum Gasteiger partial charge on any atom is 0.0433 e. The van der Waals surface area contributed by atoms with E-state index in [0.717, 1.165) is 12.3 Å². The lowest BCUT2D eigenvalue weighted by atomic mass is 9.89. The van der Waals surface area contributed by atoms with Gasteiger partial charge in [-0.3, -0.25) is 0 Å². The SMILES string of the molecule is CCCCCC(C)C(C)CCO. The molecule has 0 aliphatic rings. The van der Waals surface area contributed by atoms with Gasteiger partial charge in [0, 0.05) is 6.61 Å². The Morgan fingerprint density at radius 2 is 1.58 bits per heavy atom. The highest BCUT2D eigenvalue weighted by Crippen LogP contribution is 2.20. The van der Waals surface area contributed by atoms with Gasteiger partial charge in [0.05, 0.1) is 0 Å². The van der Waals surface area contributed by atoms with E-state index in [1.165, 1.54) is 25.7 Å². The Balaban J connectivity index is 3.35. The first-order valence-corrected chi connectivity index (χ1v) is 5.33. The molecule has 0 aromatic rings. The lowest BCUT2D eigenvalue weighted by Gasteiger charge is -2.18. The number of rotatable bonds is 7. The third kappa shape index (κ3) is 5.59. The molecule has 0 heterocycles. The van der Waals surface area contributed by atoms with Gasteiger partial charge in [-0.15, -0.1) is 0 Å². The van der Waals surface area contributed by atoms with E-state index in [2.05, 4.69) is 20.8 Å². The molecule has 0 saturated carbocycles. The Hall–Kier alpha value is -0.0400. The Labute approximate surface area is 77.2 Å². The van der Waals surface area contributed by atoms with Gasteiger partial charge in [-0.1, -0.05) is 46.5 Å². The average Bonchev–Trinajstić information content (AvgIpc) is 2.05. The van der Waals surface area contributed by atoms with Gasteiger partial charge in [-0.05, 0) is 18.3 Å². The normalized spacial score (nSPS) is 16.0. The molecule has 1 heteroatoms. The highest BCUT2D eigenvalue weighted by molar-refractivity contribution is 4.61. The Bertz CT molecular complexity index is 91.0. The van der Waals surface area contributed by atoms with Crippen LogP contribution in [0, 0.1) is 11.8 Å². The summed E-state index contributed by atoms with van der Waals surface area (Å²) in [6, 6.07) is 0. The van der Waals surface area contributed by atoms with Crippen LogP contribution in [-0.4, -0.2) is 11.7 Å². The smallest absolute Gasteiger partial charge is 0.0433 e. The molecule has 0 radical (unpaired) electrons. The summed E-state index contributed by atoms with van der Waals surface area (Å²) in [5, 5.41) is 8.76. The maximum atomic E-state index is 8.76. The molecule has 0 aromatic carbocycles. The molecular formula is C11H24O. The quantitative estimate of drug-likeness (QED) is 0.585. The van der Waals surface area contributed by atoms with Crippen LogP contribution < -0.4 is 0 Å². The molecule has 0 saturated heterocycles. The lowest BCUT2D eigenvalue weighted by Crippen LogP contribution is -2.09. The Morgan fingerprint density at radius 3 is 2.08 bits per heavy atom. The second-order valence-corrected chi connectivity index (χ2v) is 3.96. The van der Waals surface area contributed by atoms with Crippen LogP contribution in [0.4, 0.5) is 0 Å². The summed E-state index contributed by atoms with van der Waals surface area (Å²) in [4.78, 5) is 0. The highest BCUT2D eigenvalue weighted by Gasteiger charge is 2.10. The van der Waals surface area contributed by atoms with E-state index in [9.17, 15) is 0 Å². The maximum absolute atomic E-state index is 8.76. The number of aliphatic hydroxyl groups is 1. The molecule has 1 nitrogen and oxygen atoms in total. The van der Waals surface area contributed by atoms with Crippen molar-refractivity contribution in [1.82, 2.24) is 0 Å². The zero-order valence-electron chi connectivity index (χ0n) is 8.84. The van der Waals surface area contributed by atoms with Crippen LogP contribution in [0.1, 0.15) is 52.9 Å². The van der Waals surface area contributed by atoms with Crippen LogP contribution in [0.3, 0.4) is 0 Å². The number of hydrogen-bond acceptors (Lipinski definition) is 1. The number of aliphatic hydroxyl groups excluding tert-OH is 1. The number of hydrogen-bond donors (Lipinski definition) is 1. The van der Waals surface area contributed by atoms with Crippen LogP contribution in [-0.2, 0) is 0 Å². The molecule has 74 valence electrons. The molecular weight excluding hydrogens is 148 g/mol. The van der Waals surface area contributed by atoms with Crippen LogP contribution in [0.2, 0.25) is 0 Å². The lowest BCUT2D eigenvalue weighted by molar-refractivity contribution is 0.229. The van der Waals surface area contributed by atoms with Crippen molar-refractivity contribution in [2.45, 2.75) is 52.9 Å². The third-order valence-corrected chi connectivity index (χ3v) is 2.82. The minimum Gasteiger partial charge on any atom is -0.396 e. The standard InChI is InChI=1S/C11H24O/c1-4-5-6-7-10(2)11(3)8-9-12/h10-12H,4-9H2,1-3H3. The Morgan fingerprint density at radius 1 is 1.00 bits per heavy atom. The second-order valence-electron chi connectivity index (χ2n) is 3.96. The molecule has 0 amide bonds. The fraction of sp³-hybridized carbons (Fsp3) is 1.00. The molecule has 0 bridgehead atoms. The van der Waals surface area contributed by atoms with Gasteiger partial charge in [0.25, 0.3) is 0 Å². The molecule has 0 aliphatic carbocycles. The zero-order chi connectivity index (χ0) is 9.40. The topological polar surface area (TPSA) is 20.2 Å². The molecule has 2 unspecified atom stereocenters. The van der Waals surface area contributed by atoms with Crippen molar-refractivity contribution in [3.63, 3.8) is 0 Å². The second kappa shape index (κ2) is 7.60. The zero-order valence-corrected chi connectivity index (χ0v) is 8.84. The van der Waals surface area contributed by atoms with E-state index in [1.807, 2.05) is 0 Å². The number of unbranched alkanes of at least 4 members (excludes halogenated alkanes) is 2. The fourth-order valence-corrected chi connectivity index (χ4v) is 1.49. The van der Waals surface area contributed by atoms with Crippen LogP contribution >= 0.6 is 0 Å². The van der Waals surface area contributed by atoms with Crippen molar-refractivity contribution in [3.8, 4) is 0 Å². The van der Waals surface area contributed by atoms with Crippen molar-refractivity contribution < 1.29 is 5.11 Å². The predicted molar refractivity (Wildman–Crippen MR) is 54.2 cm³/mol. The minimum absolute atomic E-state index is 0.347. The predicted octanol–water partition coefficient (Wildman–Crippen LogP) is 3.22. The summed E-state index contributed by atoms with van der Waals surface area (Å²) in [6.07, 6.45) is 6.31. The van der Waals surface area contributed by atoms with E-state index >= 15 is 0 Å². The summed E-state index contributed by atoms with van der Waals surface area (Å²) in [5.41, 5.74) is 0. The fourth-order valence-electron chi connectivity index (χ4n) is 1.49. The van der Waals surface area contributed by atoms with Crippen molar-refractivity contribution in [1.29, 1.82) is 0 Å². The van der Waals surface area contributed by atoms with Gasteiger partial charge in [0.15, 0.2) is 0 Å². The first kappa shape index (κ1) is 12.0. The van der Waals surface area contributed by atoms with Gasteiger partial charge >= 0.3 is 0 Å². The van der Waals surface area contributed by atoms with Gasteiger partial charge in [-0.2, -0.15) is 0 Å². The summed E-state index contributed by atoms with van der Waals surface area (Å²) >= 11 is 0. The van der Waals surface area contributed by atoms with Gasteiger partial charge < -0.3 is 5.11 Å². The molecule has 1 N–H and O–H groups in total. The molecule has 0 aliphatic heterocycles. The third-order valence-electron chi connectivity index (χ3n) is 2.82. The molecule has 0 fully saturated rings. The highest BCUT2D eigenvalue weighted by atomic mass is 16.3. The monoisotopic (exact) mass is 172 g/mol.